The Bertz CT molecular complexity index is 981. The van der Waals surface area contributed by atoms with E-state index < -0.39 is 4.92 Å². The van der Waals surface area contributed by atoms with Crippen molar-refractivity contribution in [3.63, 3.8) is 0 Å². The van der Waals surface area contributed by atoms with Crippen LogP contribution in [0.4, 0.5) is 11.4 Å². The fourth-order valence-electron chi connectivity index (χ4n) is 2.74. The SMILES string of the molecule is Cc1cccc(C(Nc2ccc([N+](=O)[O-])cc2C#N)c2ccccn2)c1. The molecule has 6 heteroatoms. The van der Waals surface area contributed by atoms with Crippen molar-refractivity contribution in [1.29, 1.82) is 5.26 Å². The second-order valence-electron chi connectivity index (χ2n) is 5.84. The first-order valence-corrected chi connectivity index (χ1v) is 8.01. The number of aromatic nitrogens is 1. The Morgan fingerprint density at radius 2 is 2.00 bits per heavy atom. The molecule has 0 aliphatic heterocycles. The van der Waals surface area contributed by atoms with Gasteiger partial charge in [0.25, 0.3) is 5.69 Å². The summed E-state index contributed by atoms with van der Waals surface area (Å²) in [7, 11) is 0. The number of hydrogen-bond acceptors (Lipinski definition) is 5. The minimum atomic E-state index is -0.512. The zero-order valence-corrected chi connectivity index (χ0v) is 14.1. The summed E-state index contributed by atoms with van der Waals surface area (Å²) in [6, 6.07) is 19.6. The molecule has 1 N–H and O–H groups in total. The number of aryl methyl sites for hydroxylation is 1. The van der Waals surface area contributed by atoms with Crippen molar-refractivity contribution in [2.45, 2.75) is 13.0 Å². The summed E-state index contributed by atoms with van der Waals surface area (Å²) in [5.74, 6) is 0. The van der Waals surface area contributed by atoms with Gasteiger partial charge in [0.1, 0.15) is 6.07 Å². The number of anilines is 1. The van der Waals surface area contributed by atoms with E-state index in [0.29, 0.717) is 5.69 Å². The minimum absolute atomic E-state index is 0.114. The molecule has 1 atom stereocenters. The molecule has 0 aliphatic carbocycles. The van der Waals surface area contributed by atoms with Gasteiger partial charge in [0.2, 0.25) is 0 Å². The fraction of sp³-hybridized carbons (Fsp3) is 0.100. The number of rotatable bonds is 5. The van der Waals surface area contributed by atoms with E-state index in [2.05, 4.69) is 10.3 Å². The average molecular weight is 344 g/mol. The van der Waals surface area contributed by atoms with Crippen molar-refractivity contribution in [2.75, 3.05) is 5.32 Å². The van der Waals surface area contributed by atoms with E-state index in [0.717, 1.165) is 16.8 Å². The Morgan fingerprint density at radius 1 is 1.15 bits per heavy atom. The third-order valence-electron chi connectivity index (χ3n) is 3.99. The Morgan fingerprint density at radius 3 is 2.65 bits per heavy atom. The molecule has 6 nitrogen and oxygen atoms in total. The zero-order chi connectivity index (χ0) is 18.5. The molecule has 0 amide bonds. The van der Waals surface area contributed by atoms with Gasteiger partial charge in [-0.1, -0.05) is 35.9 Å². The van der Waals surface area contributed by atoms with Crippen molar-refractivity contribution < 1.29 is 4.92 Å². The van der Waals surface area contributed by atoms with Crippen LogP contribution in [-0.2, 0) is 0 Å². The first-order valence-electron chi connectivity index (χ1n) is 8.01. The van der Waals surface area contributed by atoms with Gasteiger partial charge in [-0.05, 0) is 30.7 Å². The van der Waals surface area contributed by atoms with Crippen LogP contribution in [0.15, 0.2) is 66.9 Å². The van der Waals surface area contributed by atoms with Gasteiger partial charge in [-0.3, -0.25) is 15.1 Å². The molecule has 1 unspecified atom stereocenters. The van der Waals surface area contributed by atoms with Crippen molar-refractivity contribution >= 4 is 11.4 Å². The van der Waals surface area contributed by atoms with E-state index >= 15 is 0 Å². The normalized spacial score (nSPS) is 11.4. The molecule has 3 rings (SSSR count). The van der Waals surface area contributed by atoms with Crippen LogP contribution in [0.25, 0.3) is 0 Å². The lowest BCUT2D eigenvalue weighted by Gasteiger charge is -2.21. The summed E-state index contributed by atoms with van der Waals surface area (Å²) in [4.78, 5) is 14.9. The zero-order valence-electron chi connectivity index (χ0n) is 14.1. The lowest BCUT2D eigenvalue weighted by molar-refractivity contribution is -0.384. The molecule has 3 aromatic rings. The van der Waals surface area contributed by atoms with Gasteiger partial charge >= 0.3 is 0 Å². The average Bonchev–Trinajstić information content (AvgIpc) is 2.66. The maximum atomic E-state index is 10.9. The molecule has 0 bridgehead atoms. The highest BCUT2D eigenvalue weighted by molar-refractivity contribution is 5.63. The van der Waals surface area contributed by atoms with E-state index in [1.807, 2.05) is 55.5 Å². The second kappa shape index (κ2) is 7.45. The molecule has 0 fully saturated rings. The number of nitrogens with one attached hydrogen (secondary N) is 1. The van der Waals surface area contributed by atoms with Gasteiger partial charge in [0, 0.05) is 18.3 Å². The number of pyridine rings is 1. The van der Waals surface area contributed by atoms with Crippen LogP contribution in [0.1, 0.15) is 28.4 Å². The molecule has 0 spiro atoms. The van der Waals surface area contributed by atoms with Gasteiger partial charge in [-0.15, -0.1) is 0 Å². The number of benzene rings is 2. The lowest BCUT2D eigenvalue weighted by atomic mass is 10.00. The largest absolute Gasteiger partial charge is 0.372 e. The maximum absolute atomic E-state index is 10.9. The van der Waals surface area contributed by atoms with E-state index in [4.69, 9.17) is 0 Å². The van der Waals surface area contributed by atoms with Crippen LogP contribution in [0.5, 0.6) is 0 Å². The van der Waals surface area contributed by atoms with Gasteiger partial charge < -0.3 is 5.32 Å². The lowest BCUT2D eigenvalue weighted by Crippen LogP contribution is -2.14. The third kappa shape index (κ3) is 3.68. The number of nitriles is 1. The first-order chi connectivity index (χ1) is 12.6. The van der Waals surface area contributed by atoms with Crippen molar-refractivity contribution in [3.8, 4) is 6.07 Å². The molecule has 0 aliphatic rings. The molecule has 0 radical (unpaired) electrons. The highest BCUT2D eigenvalue weighted by Crippen LogP contribution is 2.29. The highest BCUT2D eigenvalue weighted by atomic mass is 16.6. The van der Waals surface area contributed by atoms with Gasteiger partial charge in [0.05, 0.1) is 27.9 Å². The van der Waals surface area contributed by atoms with Crippen LogP contribution in [0.2, 0.25) is 0 Å². The van der Waals surface area contributed by atoms with E-state index in [-0.39, 0.29) is 17.3 Å². The number of nitro benzene ring substituents is 1. The summed E-state index contributed by atoms with van der Waals surface area (Å²) in [6.07, 6.45) is 1.71. The standard InChI is InChI=1S/C20H16N4O2/c1-14-5-4-6-15(11-14)20(19-7-2-3-10-22-19)23-18-9-8-17(24(25)26)12-16(18)13-21/h2-12,20,23H,1H3. The van der Waals surface area contributed by atoms with Gasteiger partial charge in [0.15, 0.2) is 0 Å². The van der Waals surface area contributed by atoms with Crippen LogP contribution < -0.4 is 5.32 Å². The number of nitrogens with zero attached hydrogens (tertiary/aromatic N) is 3. The fourth-order valence-corrected chi connectivity index (χ4v) is 2.74. The molecule has 2 aromatic carbocycles. The molecule has 128 valence electrons. The molecule has 0 saturated heterocycles. The molecule has 0 saturated carbocycles. The third-order valence-corrected chi connectivity index (χ3v) is 3.99. The quantitative estimate of drug-likeness (QED) is 0.548. The minimum Gasteiger partial charge on any atom is -0.372 e. The van der Waals surface area contributed by atoms with Gasteiger partial charge in [-0.2, -0.15) is 5.26 Å². The predicted molar refractivity (Wildman–Crippen MR) is 98.7 cm³/mol. The Kier molecular flexibility index (Phi) is 4.90. The molecule has 1 heterocycles. The topological polar surface area (TPSA) is 91.9 Å². The Labute approximate surface area is 150 Å². The summed E-state index contributed by atoms with van der Waals surface area (Å²) in [5.41, 5.74) is 3.51. The van der Waals surface area contributed by atoms with Crippen LogP contribution >= 0.6 is 0 Å². The monoisotopic (exact) mass is 344 g/mol. The van der Waals surface area contributed by atoms with Crippen LogP contribution in [0.3, 0.4) is 0 Å². The predicted octanol–water partition coefficient (Wildman–Crippen LogP) is 4.37. The first kappa shape index (κ1) is 17.1. The number of nitro groups is 1. The Hall–Kier alpha value is -3.72. The Balaban J connectivity index is 2.04. The van der Waals surface area contributed by atoms with Crippen LogP contribution in [0, 0.1) is 28.4 Å². The summed E-state index contributed by atoms with van der Waals surface area (Å²) < 4.78 is 0. The van der Waals surface area contributed by atoms with Crippen molar-refractivity contribution in [2.24, 2.45) is 0 Å². The van der Waals surface area contributed by atoms with Crippen molar-refractivity contribution in [1.82, 2.24) is 4.98 Å². The van der Waals surface area contributed by atoms with Gasteiger partial charge in [-0.25, -0.2) is 0 Å². The number of hydrogen-bond donors (Lipinski definition) is 1. The highest BCUT2D eigenvalue weighted by Gasteiger charge is 2.18. The van der Waals surface area contributed by atoms with E-state index in [9.17, 15) is 15.4 Å². The molecule has 1 aromatic heterocycles. The summed E-state index contributed by atoms with van der Waals surface area (Å²) in [6.45, 7) is 2.01. The molecular formula is C20H16N4O2. The van der Waals surface area contributed by atoms with E-state index in [1.165, 1.54) is 12.1 Å². The second-order valence-corrected chi connectivity index (χ2v) is 5.84. The molecule has 26 heavy (non-hydrogen) atoms. The van der Waals surface area contributed by atoms with E-state index in [1.54, 1.807) is 12.3 Å². The molecular weight excluding hydrogens is 328 g/mol. The number of non-ortho nitro benzene ring substituents is 1. The smallest absolute Gasteiger partial charge is 0.270 e. The van der Waals surface area contributed by atoms with Crippen molar-refractivity contribution in [3.05, 3.63) is 99.4 Å². The maximum Gasteiger partial charge on any atom is 0.270 e. The van der Waals surface area contributed by atoms with Crippen LogP contribution in [-0.4, -0.2) is 9.91 Å². The summed E-state index contributed by atoms with van der Waals surface area (Å²) >= 11 is 0. The summed E-state index contributed by atoms with van der Waals surface area (Å²) in [5, 5.41) is 23.7.